The summed E-state index contributed by atoms with van der Waals surface area (Å²) >= 11 is 6.24. The molecule has 2 aliphatic rings. The number of hydrogen-bond acceptors (Lipinski definition) is 8. The van der Waals surface area contributed by atoms with Crippen LogP contribution in [0.15, 0.2) is 40.9 Å². The van der Waals surface area contributed by atoms with Crippen molar-refractivity contribution in [1.29, 1.82) is 0 Å². The summed E-state index contributed by atoms with van der Waals surface area (Å²) in [6.45, 7) is 2.53. The lowest BCUT2D eigenvalue weighted by molar-refractivity contribution is -0.142. The van der Waals surface area contributed by atoms with Crippen LogP contribution in [0.2, 0.25) is 5.02 Å². The van der Waals surface area contributed by atoms with Gasteiger partial charge in [-0.1, -0.05) is 30.7 Å². The molecular formula is C28H26ClF2N3O6. The monoisotopic (exact) mass is 573 g/mol. The van der Waals surface area contributed by atoms with Crippen molar-refractivity contribution >= 4 is 39.6 Å². The Morgan fingerprint density at radius 3 is 2.80 bits per heavy atom. The first-order chi connectivity index (χ1) is 19.2. The van der Waals surface area contributed by atoms with Gasteiger partial charge in [-0.05, 0) is 31.0 Å². The molecule has 0 bridgehead atoms. The SMILES string of the molecule is C[C@H]1COCC[C@]1(O)c1cc(Cl)cnc1O[C@@H]1CC(c2nc(C(F)F)nc3c2oc2ccccc23)[C@H](C(=O)O)C1. The number of halogens is 3. The minimum Gasteiger partial charge on any atom is -0.481 e. The fraction of sp³-hybridized carbons (Fsp3) is 0.429. The molecule has 0 radical (unpaired) electrons. The molecule has 6 rings (SSSR count). The van der Waals surface area contributed by atoms with Gasteiger partial charge in [0.25, 0.3) is 6.43 Å². The van der Waals surface area contributed by atoms with Crippen molar-refractivity contribution in [1.82, 2.24) is 15.0 Å². The largest absolute Gasteiger partial charge is 0.481 e. The second-order valence-electron chi connectivity index (χ2n) is 10.5. The third kappa shape index (κ3) is 4.55. The number of carboxylic acid groups (broad SMARTS) is 1. The maximum atomic E-state index is 13.9. The number of para-hydroxylation sites is 1. The molecule has 1 saturated carbocycles. The van der Waals surface area contributed by atoms with Crippen LogP contribution in [0.25, 0.3) is 22.1 Å². The number of aliphatic carboxylic acids is 1. The van der Waals surface area contributed by atoms with Gasteiger partial charge in [-0.2, -0.15) is 0 Å². The smallest absolute Gasteiger partial charge is 0.307 e. The van der Waals surface area contributed by atoms with Crippen LogP contribution in [-0.4, -0.2) is 50.5 Å². The Kier molecular flexibility index (Phi) is 6.84. The second kappa shape index (κ2) is 10.2. The first kappa shape index (κ1) is 26.8. The first-order valence-electron chi connectivity index (χ1n) is 13.0. The fourth-order valence-electron chi connectivity index (χ4n) is 5.90. The third-order valence-electron chi connectivity index (χ3n) is 8.02. The summed E-state index contributed by atoms with van der Waals surface area (Å²) in [6.07, 6.45) is -1.72. The molecule has 2 N–H and O–H groups in total. The number of benzene rings is 1. The number of furan rings is 1. The summed E-state index contributed by atoms with van der Waals surface area (Å²) in [5.74, 6) is -3.74. The van der Waals surface area contributed by atoms with E-state index >= 15 is 0 Å². The Hall–Kier alpha value is -3.41. The lowest BCUT2D eigenvalue weighted by Crippen LogP contribution is -2.42. The highest BCUT2D eigenvalue weighted by atomic mass is 35.5. The highest BCUT2D eigenvalue weighted by Gasteiger charge is 2.46. The number of alkyl halides is 2. The first-order valence-corrected chi connectivity index (χ1v) is 13.4. The average Bonchev–Trinajstić information content (AvgIpc) is 3.52. The number of aromatic nitrogens is 3. The Morgan fingerprint density at radius 2 is 2.05 bits per heavy atom. The van der Waals surface area contributed by atoms with E-state index in [0.29, 0.717) is 41.2 Å². The molecule has 1 unspecified atom stereocenters. The summed E-state index contributed by atoms with van der Waals surface area (Å²) in [5, 5.41) is 22.6. The van der Waals surface area contributed by atoms with Crippen LogP contribution in [0.1, 0.15) is 55.6 Å². The molecule has 1 aromatic carbocycles. The maximum absolute atomic E-state index is 13.9. The van der Waals surface area contributed by atoms with E-state index in [1.807, 2.05) is 6.92 Å². The molecule has 0 amide bonds. The number of rotatable bonds is 6. The normalized spacial score (nSPS) is 27.1. The third-order valence-corrected chi connectivity index (χ3v) is 8.23. The van der Waals surface area contributed by atoms with Crippen molar-refractivity contribution in [3.8, 4) is 5.88 Å². The summed E-state index contributed by atoms with van der Waals surface area (Å²) in [4.78, 5) is 24.9. The number of carbonyl (C=O) groups is 1. The molecule has 3 aromatic heterocycles. The molecule has 0 spiro atoms. The number of pyridine rings is 1. The van der Waals surface area contributed by atoms with E-state index < -0.39 is 41.8 Å². The molecule has 4 heterocycles. The van der Waals surface area contributed by atoms with Gasteiger partial charge in [-0.15, -0.1) is 0 Å². The zero-order valence-electron chi connectivity index (χ0n) is 21.4. The lowest BCUT2D eigenvalue weighted by Gasteiger charge is -2.39. The highest BCUT2D eigenvalue weighted by Crippen LogP contribution is 2.46. The molecule has 2 fully saturated rings. The van der Waals surface area contributed by atoms with E-state index in [-0.39, 0.29) is 41.4 Å². The molecule has 9 nitrogen and oxygen atoms in total. The minimum atomic E-state index is -2.96. The summed E-state index contributed by atoms with van der Waals surface area (Å²) < 4.78 is 45.4. The minimum absolute atomic E-state index is 0.0660. The van der Waals surface area contributed by atoms with Crippen molar-refractivity contribution in [2.24, 2.45) is 11.8 Å². The van der Waals surface area contributed by atoms with Gasteiger partial charge in [0, 0.05) is 42.0 Å². The number of hydrogen-bond donors (Lipinski definition) is 2. The molecule has 5 atom stereocenters. The Balaban J connectivity index is 1.39. The van der Waals surface area contributed by atoms with E-state index in [9.17, 15) is 23.8 Å². The van der Waals surface area contributed by atoms with Crippen LogP contribution in [0.5, 0.6) is 5.88 Å². The van der Waals surface area contributed by atoms with Gasteiger partial charge < -0.3 is 24.1 Å². The zero-order chi connectivity index (χ0) is 28.2. The van der Waals surface area contributed by atoms with Gasteiger partial charge in [-0.25, -0.2) is 23.7 Å². The van der Waals surface area contributed by atoms with E-state index in [1.165, 1.54) is 6.20 Å². The van der Waals surface area contributed by atoms with Crippen LogP contribution in [0.4, 0.5) is 8.78 Å². The Labute approximate surface area is 232 Å². The standard InChI is InChI=1S/C28H26ClF2N3O6/c1-13-12-38-7-6-28(13,37)19-8-14(29)11-32-26(19)39-15-9-17(18(10-15)27(35)36)22-23-21(33-25(34-22)24(30)31)16-4-2-3-5-20(16)40-23/h2-5,8,11,13,15,17-18,24,37H,6-7,9-10,12H2,1H3,(H,35,36)/t13-,15+,17?,18+,28+/m0/s1. The predicted molar refractivity (Wildman–Crippen MR) is 140 cm³/mol. The molecule has 1 aliphatic carbocycles. The predicted octanol–water partition coefficient (Wildman–Crippen LogP) is 5.63. The second-order valence-corrected chi connectivity index (χ2v) is 10.9. The molecule has 210 valence electrons. The molecule has 1 saturated heterocycles. The lowest BCUT2D eigenvalue weighted by atomic mass is 9.79. The molecule has 12 heteroatoms. The number of carboxylic acids is 1. The van der Waals surface area contributed by atoms with Crippen molar-refractivity contribution in [3.05, 3.63) is 58.6 Å². The van der Waals surface area contributed by atoms with Crippen molar-refractivity contribution in [2.75, 3.05) is 13.2 Å². The van der Waals surface area contributed by atoms with Gasteiger partial charge in [0.05, 0.1) is 23.2 Å². The van der Waals surface area contributed by atoms with Gasteiger partial charge in [0.2, 0.25) is 5.88 Å². The molecule has 40 heavy (non-hydrogen) atoms. The number of aliphatic hydroxyl groups is 1. The van der Waals surface area contributed by atoms with Crippen LogP contribution >= 0.6 is 11.6 Å². The van der Waals surface area contributed by atoms with Gasteiger partial charge >= 0.3 is 5.97 Å². The van der Waals surface area contributed by atoms with E-state index in [2.05, 4.69) is 15.0 Å². The molecular weight excluding hydrogens is 548 g/mol. The Bertz CT molecular complexity index is 1600. The van der Waals surface area contributed by atoms with Crippen molar-refractivity contribution in [2.45, 2.75) is 50.2 Å². The molecule has 1 aliphatic heterocycles. The number of nitrogens with zero attached hydrogens (tertiary/aromatic N) is 3. The van der Waals surface area contributed by atoms with Crippen LogP contribution in [-0.2, 0) is 15.1 Å². The van der Waals surface area contributed by atoms with E-state index in [1.54, 1.807) is 30.3 Å². The van der Waals surface area contributed by atoms with E-state index in [4.69, 9.17) is 25.5 Å². The van der Waals surface area contributed by atoms with E-state index in [0.717, 1.165) is 0 Å². The highest BCUT2D eigenvalue weighted by molar-refractivity contribution is 6.30. The van der Waals surface area contributed by atoms with Crippen molar-refractivity contribution in [3.63, 3.8) is 0 Å². The van der Waals surface area contributed by atoms with Gasteiger partial charge in [-0.3, -0.25) is 4.79 Å². The topological polar surface area (TPSA) is 128 Å². The van der Waals surface area contributed by atoms with Crippen LogP contribution < -0.4 is 4.74 Å². The van der Waals surface area contributed by atoms with Gasteiger partial charge in [0.1, 0.15) is 22.8 Å². The molecule has 4 aromatic rings. The quantitative estimate of drug-likeness (QED) is 0.301. The zero-order valence-corrected chi connectivity index (χ0v) is 22.1. The summed E-state index contributed by atoms with van der Waals surface area (Å²) in [6, 6.07) is 8.48. The maximum Gasteiger partial charge on any atom is 0.307 e. The van der Waals surface area contributed by atoms with Crippen LogP contribution in [0, 0.1) is 11.8 Å². The fourth-order valence-corrected chi connectivity index (χ4v) is 6.06. The van der Waals surface area contributed by atoms with Crippen molar-refractivity contribution < 1.29 is 37.7 Å². The summed E-state index contributed by atoms with van der Waals surface area (Å²) in [7, 11) is 0. The van der Waals surface area contributed by atoms with Gasteiger partial charge in [0.15, 0.2) is 11.4 Å². The number of ether oxygens (including phenoxy) is 2. The summed E-state index contributed by atoms with van der Waals surface area (Å²) in [5.41, 5.74) is 0.0179. The average molecular weight is 574 g/mol. The number of fused-ring (bicyclic) bond motifs is 3. The van der Waals surface area contributed by atoms with Crippen LogP contribution in [0.3, 0.4) is 0 Å². The Morgan fingerprint density at radius 1 is 1.25 bits per heavy atom.